The van der Waals surface area contributed by atoms with Crippen molar-refractivity contribution < 1.29 is 13.9 Å². The molecule has 0 aliphatic carbocycles. The van der Waals surface area contributed by atoms with Crippen LogP contribution in [-0.2, 0) is 11.3 Å². The molecule has 0 fully saturated rings. The first-order valence-corrected chi connectivity index (χ1v) is 6.29. The second-order valence-corrected chi connectivity index (χ2v) is 4.06. The van der Waals surface area contributed by atoms with Crippen molar-refractivity contribution in [1.82, 2.24) is 10.3 Å². The molecule has 0 bridgehead atoms. The van der Waals surface area contributed by atoms with Gasteiger partial charge in [0.1, 0.15) is 6.61 Å². The van der Waals surface area contributed by atoms with Gasteiger partial charge >= 0.3 is 6.09 Å². The second kappa shape index (κ2) is 7.65. The summed E-state index contributed by atoms with van der Waals surface area (Å²) in [6, 6.07) is 12.4. The van der Waals surface area contributed by atoms with E-state index in [1.165, 1.54) is 12.3 Å². The van der Waals surface area contributed by atoms with Crippen molar-refractivity contribution in [2.24, 2.45) is 0 Å². The van der Waals surface area contributed by atoms with Crippen molar-refractivity contribution in [2.45, 2.75) is 6.61 Å². The van der Waals surface area contributed by atoms with Crippen LogP contribution in [0.25, 0.3) is 0 Å². The van der Waals surface area contributed by atoms with Gasteiger partial charge in [0.2, 0.25) is 5.95 Å². The largest absolute Gasteiger partial charge is 0.445 e. The average molecular weight is 284 g/mol. The quantitative estimate of drug-likeness (QED) is 0.696. The molecule has 2 rings (SSSR count). The number of rotatable bonds is 3. The number of alkyl carbamates (subject to hydrolysis) is 1. The molecule has 0 atom stereocenters. The molecule has 0 radical (unpaired) electrons. The Morgan fingerprint density at radius 2 is 2.05 bits per heavy atom. The third kappa shape index (κ3) is 4.96. The predicted molar refractivity (Wildman–Crippen MR) is 75.7 cm³/mol. The van der Waals surface area contributed by atoms with E-state index in [9.17, 15) is 9.18 Å². The summed E-state index contributed by atoms with van der Waals surface area (Å²) in [5.74, 6) is 4.59. The van der Waals surface area contributed by atoms with E-state index in [0.29, 0.717) is 0 Å². The summed E-state index contributed by atoms with van der Waals surface area (Å²) < 4.78 is 18.2. The number of hydrogen-bond donors (Lipinski definition) is 1. The first kappa shape index (κ1) is 14.5. The van der Waals surface area contributed by atoms with Crippen LogP contribution in [0.3, 0.4) is 0 Å². The number of hydrogen-bond acceptors (Lipinski definition) is 3. The Labute approximate surface area is 122 Å². The van der Waals surface area contributed by atoms with Crippen LogP contribution in [0.5, 0.6) is 0 Å². The highest BCUT2D eigenvalue weighted by Crippen LogP contribution is 2.01. The van der Waals surface area contributed by atoms with Gasteiger partial charge in [-0.3, -0.25) is 0 Å². The molecule has 106 valence electrons. The zero-order valence-electron chi connectivity index (χ0n) is 11.2. The Morgan fingerprint density at radius 3 is 2.81 bits per heavy atom. The van der Waals surface area contributed by atoms with E-state index in [2.05, 4.69) is 22.1 Å². The summed E-state index contributed by atoms with van der Waals surface area (Å²) in [7, 11) is 0. The second-order valence-electron chi connectivity index (χ2n) is 4.06. The monoisotopic (exact) mass is 284 g/mol. The van der Waals surface area contributed by atoms with Gasteiger partial charge in [0.15, 0.2) is 0 Å². The maximum absolute atomic E-state index is 13.2. The maximum atomic E-state index is 13.2. The molecule has 1 heterocycles. The molecule has 0 spiro atoms. The van der Waals surface area contributed by atoms with Crippen LogP contribution in [0.2, 0.25) is 0 Å². The van der Waals surface area contributed by atoms with Crippen LogP contribution >= 0.6 is 0 Å². The summed E-state index contributed by atoms with van der Waals surface area (Å²) in [5.41, 5.74) is 1.09. The molecule has 1 amide bonds. The molecule has 0 saturated heterocycles. The van der Waals surface area contributed by atoms with E-state index in [-0.39, 0.29) is 18.7 Å². The lowest BCUT2D eigenvalue weighted by atomic mass is 10.2. The third-order valence-electron chi connectivity index (χ3n) is 2.52. The Hall–Kier alpha value is -2.87. The van der Waals surface area contributed by atoms with Crippen LogP contribution in [0.15, 0.2) is 48.7 Å². The van der Waals surface area contributed by atoms with Crippen LogP contribution in [0, 0.1) is 17.8 Å². The molecular formula is C16H13FN2O2. The molecule has 0 unspecified atom stereocenters. The fourth-order valence-corrected chi connectivity index (χ4v) is 1.51. The summed E-state index contributed by atoms with van der Waals surface area (Å²) in [5, 5.41) is 2.46. The molecule has 5 heteroatoms. The molecule has 21 heavy (non-hydrogen) atoms. The van der Waals surface area contributed by atoms with Crippen molar-refractivity contribution in [3.63, 3.8) is 0 Å². The fraction of sp³-hybridized carbons (Fsp3) is 0.125. The van der Waals surface area contributed by atoms with E-state index >= 15 is 0 Å². The van der Waals surface area contributed by atoms with E-state index < -0.39 is 12.0 Å². The first-order valence-electron chi connectivity index (χ1n) is 6.29. The average Bonchev–Trinajstić information content (AvgIpc) is 2.52. The third-order valence-corrected chi connectivity index (χ3v) is 2.52. The lowest BCUT2D eigenvalue weighted by molar-refractivity contribution is 0.141. The zero-order chi connectivity index (χ0) is 14.9. The van der Waals surface area contributed by atoms with E-state index in [4.69, 9.17) is 4.74 Å². The number of carbonyl (C=O) groups is 1. The minimum absolute atomic E-state index is 0.0714. The molecule has 2 aromatic rings. The van der Waals surface area contributed by atoms with Crippen LogP contribution in [0.1, 0.15) is 11.1 Å². The van der Waals surface area contributed by atoms with Crippen molar-refractivity contribution in [1.29, 1.82) is 0 Å². The Balaban J connectivity index is 1.74. The number of nitrogens with one attached hydrogen (secondary N) is 1. The standard InChI is InChI=1S/C16H13FN2O2/c17-15-14(8-4-10-18-15)9-5-11-19-16(20)21-12-13-6-2-1-3-7-13/h1-4,6-8,10H,11-12H2,(H,19,20). The SMILES string of the molecule is O=C(NCC#Cc1cccnc1F)OCc1ccccc1. The summed E-state index contributed by atoms with van der Waals surface area (Å²) in [4.78, 5) is 14.9. The van der Waals surface area contributed by atoms with Gasteiger partial charge in [-0.15, -0.1) is 0 Å². The lowest BCUT2D eigenvalue weighted by Crippen LogP contribution is -2.24. The van der Waals surface area contributed by atoms with E-state index in [1.807, 2.05) is 30.3 Å². The smallest absolute Gasteiger partial charge is 0.408 e. The number of ether oxygens (including phenoxy) is 1. The summed E-state index contributed by atoms with van der Waals surface area (Å²) in [6.07, 6.45) is 0.777. The molecule has 1 N–H and O–H groups in total. The highest BCUT2D eigenvalue weighted by Gasteiger charge is 2.00. The van der Waals surface area contributed by atoms with E-state index in [0.717, 1.165) is 5.56 Å². The molecule has 0 aliphatic rings. The van der Waals surface area contributed by atoms with E-state index in [1.54, 1.807) is 6.07 Å². The number of amides is 1. The molecular weight excluding hydrogens is 271 g/mol. The van der Waals surface area contributed by atoms with Crippen LogP contribution in [-0.4, -0.2) is 17.6 Å². The highest BCUT2D eigenvalue weighted by molar-refractivity contribution is 5.67. The van der Waals surface area contributed by atoms with Crippen molar-refractivity contribution in [3.8, 4) is 11.8 Å². The normalized spacial score (nSPS) is 9.38. The molecule has 1 aromatic heterocycles. The number of aromatic nitrogens is 1. The Morgan fingerprint density at radius 1 is 1.24 bits per heavy atom. The van der Waals surface area contributed by atoms with Crippen molar-refractivity contribution >= 4 is 6.09 Å². The van der Waals surface area contributed by atoms with Crippen LogP contribution < -0.4 is 5.32 Å². The van der Waals surface area contributed by atoms with Gasteiger partial charge in [-0.1, -0.05) is 42.2 Å². The molecule has 0 aliphatic heterocycles. The van der Waals surface area contributed by atoms with Crippen molar-refractivity contribution in [2.75, 3.05) is 6.54 Å². The first-order chi connectivity index (χ1) is 10.3. The van der Waals surface area contributed by atoms with Gasteiger partial charge in [-0.25, -0.2) is 9.78 Å². The number of carbonyl (C=O) groups excluding carboxylic acids is 1. The molecule has 0 saturated carbocycles. The minimum Gasteiger partial charge on any atom is -0.445 e. The van der Waals surface area contributed by atoms with Gasteiger partial charge in [-0.2, -0.15) is 4.39 Å². The predicted octanol–water partition coefficient (Wildman–Crippen LogP) is 2.50. The van der Waals surface area contributed by atoms with Gasteiger partial charge in [0.25, 0.3) is 0 Å². The van der Waals surface area contributed by atoms with Crippen LogP contribution in [0.4, 0.5) is 9.18 Å². The zero-order valence-corrected chi connectivity index (χ0v) is 11.2. The number of halogens is 1. The minimum atomic E-state index is -0.628. The highest BCUT2D eigenvalue weighted by atomic mass is 19.1. The molecule has 1 aromatic carbocycles. The van der Waals surface area contributed by atoms with Crippen molar-refractivity contribution in [3.05, 3.63) is 65.7 Å². The molecule has 4 nitrogen and oxygen atoms in total. The Bertz CT molecular complexity index is 663. The summed E-state index contributed by atoms with van der Waals surface area (Å²) >= 11 is 0. The summed E-state index contributed by atoms with van der Waals surface area (Å²) in [6.45, 7) is 0.263. The Kier molecular flexibility index (Phi) is 5.30. The number of pyridine rings is 1. The van der Waals surface area contributed by atoms with Gasteiger partial charge in [0, 0.05) is 6.20 Å². The lowest BCUT2D eigenvalue weighted by Gasteiger charge is -2.04. The van der Waals surface area contributed by atoms with Gasteiger partial charge in [-0.05, 0) is 17.7 Å². The number of nitrogens with zero attached hydrogens (tertiary/aromatic N) is 1. The fourth-order valence-electron chi connectivity index (χ4n) is 1.51. The van der Waals surface area contributed by atoms with Gasteiger partial charge in [0.05, 0.1) is 12.1 Å². The number of benzene rings is 1. The van der Waals surface area contributed by atoms with Gasteiger partial charge < -0.3 is 10.1 Å². The topological polar surface area (TPSA) is 51.2 Å². The maximum Gasteiger partial charge on any atom is 0.408 e.